The van der Waals surface area contributed by atoms with Crippen LogP contribution >= 0.6 is 11.6 Å². The van der Waals surface area contributed by atoms with Crippen LogP contribution in [0.15, 0.2) is 6.07 Å². The zero-order valence-corrected chi connectivity index (χ0v) is 12.3. The van der Waals surface area contributed by atoms with Crippen molar-refractivity contribution < 1.29 is 4.79 Å². The number of halogens is 1. The Labute approximate surface area is 114 Å². The molecule has 18 heavy (non-hydrogen) atoms. The third-order valence-electron chi connectivity index (χ3n) is 4.35. The van der Waals surface area contributed by atoms with E-state index >= 15 is 0 Å². The quantitative estimate of drug-likeness (QED) is 0.594. The fourth-order valence-electron chi connectivity index (χ4n) is 3.17. The molecule has 0 amide bonds. The minimum atomic E-state index is 0.0348. The van der Waals surface area contributed by atoms with Crippen molar-refractivity contribution in [1.29, 1.82) is 0 Å². The van der Waals surface area contributed by atoms with Gasteiger partial charge in [-0.2, -0.15) is 0 Å². The number of carbonyl (C=O) groups is 1. The number of nitrogens with zero attached hydrogens (tertiary/aromatic N) is 1. The summed E-state index contributed by atoms with van der Waals surface area (Å²) in [6.07, 6.45) is 5.26. The molecule has 1 aliphatic carbocycles. The Morgan fingerprint density at radius 2 is 2.00 bits per heavy atom. The summed E-state index contributed by atoms with van der Waals surface area (Å²) in [4.78, 5) is 11.8. The van der Waals surface area contributed by atoms with Crippen molar-refractivity contribution in [1.82, 2.24) is 4.57 Å². The molecule has 0 bridgehead atoms. The normalized spacial score (nSPS) is 18.2. The molecule has 0 N–H and O–H groups in total. The molecule has 0 aliphatic heterocycles. The number of carbonyl (C=O) groups excluding carboxylic acids is 1. The van der Waals surface area contributed by atoms with Crippen molar-refractivity contribution in [2.45, 2.75) is 53.0 Å². The second-order valence-corrected chi connectivity index (χ2v) is 6.21. The van der Waals surface area contributed by atoms with Gasteiger partial charge < -0.3 is 4.57 Å². The van der Waals surface area contributed by atoms with Gasteiger partial charge in [0.2, 0.25) is 0 Å². The lowest BCUT2D eigenvalue weighted by Gasteiger charge is -2.26. The first kappa shape index (κ1) is 13.7. The molecule has 0 aromatic carbocycles. The van der Waals surface area contributed by atoms with Gasteiger partial charge in [-0.3, -0.25) is 4.79 Å². The molecule has 1 saturated carbocycles. The molecule has 3 heteroatoms. The Morgan fingerprint density at radius 3 is 2.56 bits per heavy atom. The van der Waals surface area contributed by atoms with Gasteiger partial charge in [0.25, 0.3) is 0 Å². The maximum atomic E-state index is 11.8. The minimum absolute atomic E-state index is 0.0348. The van der Waals surface area contributed by atoms with Gasteiger partial charge in [0.15, 0.2) is 5.78 Å². The molecular formula is C15H22ClNO. The molecule has 2 rings (SSSR count). The molecule has 0 saturated heterocycles. The van der Waals surface area contributed by atoms with Crippen LogP contribution in [0.5, 0.6) is 0 Å². The minimum Gasteiger partial charge on any atom is -0.348 e. The summed E-state index contributed by atoms with van der Waals surface area (Å²) in [5.74, 6) is 0.106. The number of aryl methyl sites for hydroxylation is 1. The highest BCUT2D eigenvalue weighted by atomic mass is 35.5. The average molecular weight is 268 g/mol. The molecule has 100 valence electrons. The standard InChI is InChI=1S/C15H22ClNO/c1-11-8-13(14(18)9-16)12(2)17(11)10-15(3)6-4-5-7-15/h8H,4-7,9-10H2,1-3H3. The van der Waals surface area contributed by atoms with E-state index in [-0.39, 0.29) is 11.7 Å². The van der Waals surface area contributed by atoms with Gasteiger partial charge in [-0.15, -0.1) is 11.6 Å². The zero-order valence-electron chi connectivity index (χ0n) is 11.6. The Hall–Kier alpha value is -0.760. The molecule has 1 fully saturated rings. The molecule has 1 aliphatic rings. The monoisotopic (exact) mass is 267 g/mol. The Kier molecular flexibility index (Phi) is 3.86. The fourth-order valence-corrected chi connectivity index (χ4v) is 3.31. The number of hydrogen-bond donors (Lipinski definition) is 0. The van der Waals surface area contributed by atoms with Gasteiger partial charge >= 0.3 is 0 Å². The highest BCUT2D eigenvalue weighted by Crippen LogP contribution is 2.39. The van der Waals surface area contributed by atoms with Gasteiger partial charge in [-0.1, -0.05) is 19.8 Å². The number of hydrogen-bond acceptors (Lipinski definition) is 1. The van der Waals surface area contributed by atoms with Crippen LogP contribution in [-0.4, -0.2) is 16.2 Å². The van der Waals surface area contributed by atoms with E-state index in [0.29, 0.717) is 5.41 Å². The maximum absolute atomic E-state index is 11.8. The van der Waals surface area contributed by atoms with Crippen molar-refractivity contribution >= 4 is 17.4 Å². The Bertz CT molecular complexity index is 455. The van der Waals surface area contributed by atoms with Gasteiger partial charge in [-0.25, -0.2) is 0 Å². The molecule has 0 unspecified atom stereocenters. The van der Waals surface area contributed by atoms with Crippen molar-refractivity contribution in [2.75, 3.05) is 5.88 Å². The molecule has 1 aromatic heterocycles. The molecule has 0 radical (unpaired) electrons. The van der Waals surface area contributed by atoms with Crippen LogP contribution < -0.4 is 0 Å². The highest BCUT2D eigenvalue weighted by molar-refractivity contribution is 6.30. The van der Waals surface area contributed by atoms with Crippen LogP contribution in [0.3, 0.4) is 0 Å². The predicted octanol–water partition coefficient (Wildman–Crippen LogP) is 4.11. The van der Waals surface area contributed by atoms with Gasteiger partial charge in [0.05, 0.1) is 5.88 Å². The third-order valence-corrected chi connectivity index (χ3v) is 4.59. The topological polar surface area (TPSA) is 22.0 Å². The van der Waals surface area contributed by atoms with Crippen LogP contribution in [0.4, 0.5) is 0 Å². The van der Waals surface area contributed by atoms with Crippen LogP contribution in [0.25, 0.3) is 0 Å². The predicted molar refractivity (Wildman–Crippen MR) is 75.5 cm³/mol. The molecule has 2 nitrogen and oxygen atoms in total. The first-order valence-corrected chi connectivity index (χ1v) is 7.26. The SMILES string of the molecule is Cc1cc(C(=O)CCl)c(C)n1CC1(C)CCCC1. The van der Waals surface area contributed by atoms with Crippen molar-refractivity contribution in [3.05, 3.63) is 23.0 Å². The van der Waals surface area contributed by atoms with Gasteiger partial charge in [0, 0.05) is 23.5 Å². The van der Waals surface area contributed by atoms with E-state index in [1.54, 1.807) is 0 Å². The third kappa shape index (κ3) is 2.49. The second-order valence-electron chi connectivity index (χ2n) is 5.95. The molecule has 0 atom stereocenters. The van der Waals surface area contributed by atoms with E-state index in [1.165, 1.54) is 31.4 Å². The average Bonchev–Trinajstić information content (AvgIpc) is 2.88. The summed E-state index contributed by atoms with van der Waals surface area (Å²) < 4.78 is 2.30. The highest BCUT2D eigenvalue weighted by Gasteiger charge is 2.30. The van der Waals surface area contributed by atoms with E-state index < -0.39 is 0 Å². The van der Waals surface area contributed by atoms with Crippen molar-refractivity contribution in [3.63, 3.8) is 0 Å². The second kappa shape index (κ2) is 5.08. The Balaban J connectivity index is 2.28. The van der Waals surface area contributed by atoms with E-state index in [0.717, 1.165) is 17.8 Å². The summed E-state index contributed by atoms with van der Waals surface area (Å²) in [6.45, 7) is 7.50. The van der Waals surface area contributed by atoms with Crippen LogP contribution in [0, 0.1) is 19.3 Å². The smallest absolute Gasteiger partial charge is 0.179 e. The lowest BCUT2D eigenvalue weighted by molar-refractivity contribution is 0.102. The van der Waals surface area contributed by atoms with Gasteiger partial charge in [0.1, 0.15) is 0 Å². The van der Waals surface area contributed by atoms with Crippen molar-refractivity contribution in [2.24, 2.45) is 5.41 Å². The summed E-state index contributed by atoms with van der Waals surface area (Å²) in [7, 11) is 0. The first-order chi connectivity index (χ1) is 8.47. The molecule has 1 aromatic rings. The Morgan fingerprint density at radius 1 is 1.39 bits per heavy atom. The number of ketones is 1. The van der Waals surface area contributed by atoms with Crippen LogP contribution in [0.2, 0.25) is 0 Å². The van der Waals surface area contributed by atoms with E-state index in [1.807, 2.05) is 13.0 Å². The number of alkyl halides is 1. The van der Waals surface area contributed by atoms with Crippen LogP contribution in [-0.2, 0) is 6.54 Å². The van der Waals surface area contributed by atoms with E-state index in [2.05, 4.69) is 18.4 Å². The molecular weight excluding hydrogens is 246 g/mol. The van der Waals surface area contributed by atoms with E-state index in [4.69, 9.17) is 11.6 Å². The number of rotatable bonds is 4. The fraction of sp³-hybridized carbons (Fsp3) is 0.667. The maximum Gasteiger partial charge on any atom is 0.179 e. The lowest BCUT2D eigenvalue weighted by atomic mass is 9.88. The summed E-state index contributed by atoms with van der Waals surface area (Å²) in [5.41, 5.74) is 3.44. The lowest BCUT2D eigenvalue weighted by Crippen LogP contribution is -2.21. The summed E-state index contributed by atoms with van der Waals surface area (Å²) >= 11 is 5.66. The summed E-state index contributed by atoms with van der Waals surface area (Å²) in [6, 6.07) is 1.98. The summed E-state index contributed by atoms with van der Waals surface area (Å²) in [5, 5.41) is 0. The van der Waals surface area contributed by atoms with Crippen molar-refractivity contribution in [3.8, 4) is 0 Å². The first-order valence-electron chi connectivity index (χ1n) is 6.73. The number of aromatic nitrogens is 1. The van der Waals surface area contributed by atoms with E-state index in [9.17, 15) is 4.79 Å². The number of Topliss-reactive ketones (excluding diaryl/α,β-unsaturated/α-hetero) is 1. The zero-order chi connectivity index (χ0) is 13.3. The molecule has 1 heterocycles. The van der Waals surface area contributed by atoms with Crippen LogP contribution in [0.1, 0.15) is 54.4 Å². The van der Waals surface area contributed by atoms with Gasteiger partial charge in [-0.05, 0) is 38.2 Å². The largest absolute Gasteiger partial charge is 0.348 e. The molecule has 0 spiro atoms.